The van der Waals surface area contributed by atoms with E-state index in [1.165, 1.54) is 0 Å². The summed E-state index contributed by atoms with van der Waals surface area (Å²) in [4.78, 5) is 10.7. The molecular weight excluding hydrogens is 236 g/mol. The number of rotatable bonds is 4. The van der Waals surface area contributed by atoms with E-state index in [-0.39, 0.29) is 0 Å². The fourth-order valence-electron chi connectivity index (χ4n) is 1.66. The first-order chi connectivity index (χ1) is 8.15. The molecule has 0 fully saturated rings. The Morgan fingerprint density at radius 1 is 1.35 bits per heavy atom. The van der Waals surface area contributed by atoms with Crippen molar-refractivity contribution in [1.29, 1.82) is 0 Å². The van der Waals surface area contributed by atoms with Crippen LogP contribution in [0.25, 0.3) is 0 Å². The summed E-state index contributed by atoms with van der Waals surface area (Å²) in [6.45, 7) is 1.55. The van der Waals surface area contributed by atoms with Crippen molar-refractivity contribution in [2.24, 2.45) is 7.05 Å². The van der Waals surface area contributed by atoms with Crippen LogP contribution in [0.4, 0.5) is 0 Å². The van der Waals surface area contributed by atoms with Crippen LogP contribution in [0.3, 0.4) is 0 Å². The third-order valence-corrected chi connectivity index (χ3v) is 2.75. The minimum atomic E-state index is 0.535. The van der Waals surface area contributed by atoms with E-state index in [2.05, 4.69) is 14.9 Å². The lowest BCUT2D eigenvalue weighted by Crippen LogP contribution is -2.20. The van der Waals surface area contributed by atoms with Crippen LogP contribution >= 0.6 is 11.6 Å². The SMILES string of the molecule is CN(Cc1cccc(Cl)n1)Cc1nccn1C. The van der Waals surface area contributed by atoms with Gasteiger partial charge in [-0.25, -0.2) is 9.97 Å². The van der Waals surface area contributed by atoms with E-state index in [1.54, 1.807) is 12.3 Å². The largest absolute Gasteiger partial charge is 0.337 e. The maximum absolute atomic E-state index is 5.85. The first-order valence-electron chi connectivity index (χ1n) is 5.41. The zero-order valence-corrected chi connectivity index (χ0v) is 10.7. The lowest BCUT2D eigenvalue weighted by atomic mass is 10.3. The van der Waals surface area contributed by atoms with Crippen molar-refractivity contribution >= 4 is 11.6 Å². The number of aryl methyl sites for hydroxylation is 1. The quantitative estimate of drug-likeness (QED) is 0.780. The number of hydrogen-bond donors (Lipinski definition) is 0. The lowest BCUT2D eigenvalue weighted by Gasteiger charge is -2.15. The smallest absolute Gasteiger partial charge is 0.129 e. The summed E-state index contributed by atoms with van der Waals surface area (Å²) in [5.41, 5.74) is 0.967. The van der Waals surface area contributed by atoms with Crippen LogP contribution in [-0.2, 0) is 20.1 Å². The van der Waals surface area contributed by atoms with Gasteiger partial charge < -0.3 is 4.57 Å². The van der Waals surface area contributed by atoms with Crippen LogP contribution in [0.5, 0.6) is 0 Å². The molecule has 17 heavy (non-hydrogen) atoms. The standard InChI is InChI=1S/C12H15ClN4/c1-16(9-12-14-6-7-17(12)2)8-10-4-3-5-11(13)15-10/h3-7H,8-9H2,1-2H3. The second-order valence-electron chi connectivity index (χ2n) is 4.08. The molecule has 0 spiro atoms. The number of aromatic nitrogens is 3. The first kappa shape index (κ1) is 12.1. The maximum atomic E-state index is 5.85. The van der Waals surface area contributed by atoms with Gasteiger partial charge in [0.15, 0.2) is 0 Å². The highest BCUT2D eigenvalue weighted by atomic mass is 35.5. The molecule has 0 amide bonds. The van der Waals surface area contributed by atoms with Crippen LogP contribution < -0.4 is 0 Å². The Morgan fingerprint density at radius 2 is 2.18 bits per heavy atom. The van der Waals surface area contributed by atoms with Gasteiger partial charge in [-0.15, -0.1) is 0 Å². The molecule has 0 N–H and O–H groups in total. The second kappa shape index (κ2) is 5.29. The topological polar surface area (TPSA) is 34.0 Å². The summed E-state index contributed by atoms with van der Waals surface area (Å²) >= 11 is 5.85. The van der Waals surface area contributed by atoms with Crippen molar-refractivity contribution in [1.82, 2.24) is 19.4 Å². The molecule has 0 atom stereocenters. The van der Waals surface area contributed by atoms with E-state index in [0.717, 1.165) is 24.6 Å². The van der Waals surface area contributed by atoms with Crippen molar-refractivity contribution in [3.63, 3.8) is 0 Å². The molecule has 90 valence electrons. The fraction of sp³-hybridized carbons (Fsp3) is 0.333. The Hall–Kier alpha value is -1.39. The van der Waals surface area contributed by atoms with E-state index in [1.807, 2.05) is 37.0 Å². The molecule has 0 aliphatic rings. The van der Waals surface area contributed by atoms with E-state index >= 15 is 0 Å². The molecule has 2 aromatic rings. The molecule has 2 heterocycles. The minimum Gasteiger partial charge on any atom is -0.337 e. The molecule has 0 radical (unpaired) electrons. The molecule has 0 aliphatic carbocycles. The zero-order chi connectivity index (χ0) is 12.3. The Morgan fingerprint density at radius 3 is 2.82 bits per heavy atom. The van der Waals surface area contributed by atoms with Crippen LogP contribution in [-0.4, -0.2) is 26.5 Å². The van der Waals surface area contributed by atoms with Crippen LogP contribution in [0.15, 0.2) is 30.6 Å². The van der Waals surface area contributed by atoms with Gasteiger partial charge in [-0.05, 0) is 19.2 Å². The Bertz CT molecular complexity index is 495. The first-order valence-corrected chi connectivity index (χ1v) is 5.79. The second-order valence-corrected chi connectivity index (χ2v) is 4.47. The summed E-state index contributed by atoms with van der Waals surface area (Å²) in [5.74, 6) is 1.04. The van der Waals surface area contributed by atoms with Crippen molar-refractivity contribution < 1.29 is 0 Å². The summed E-state index contributed by atoms with van der Waals surface area (Å²) in [6, 6.07) is 5.67. The van der Waals surface area contributed by atoms with Crippen LogP contribution in [0, 0.1) is 0 Å². The van der Waals surface area contributed by atoms with Gasteiger partial charge in [0.1, 0.15) is 11.0 Å². The predicted molar refractivity (Wildman–Crippen MR) is 67.6 cm³/mol. The molecule has 0 saturated heterocycles. The highest BCUT2D eigenvalue weighted by Crippen LogP contribution is 2.08. The Kier molecular flexibility index (Phi) is 3.76. The fourth-order valence-corrected chi connectivity index (χ4v) is 1.84. The average molecular weight is 251 g/mol. The monoisotopic (exact) mass is 250 g/mol. The zero-order valence-electron chi connectivity index (χ0n) is 9.97. The number of halogens is 1. The normalized spacial score (nSPS) is 11.1. The number of nitrogens with zero attached hydrogens (tertiary/aromatic N) is 4. The predicted octanol–water partition coefficient (Wildman–Crippen LogP) is 2.10. The molecule has 0 saturated carbocycles. The van der Waals surface area contributed by atoms with Gasteiger partial charge in [0.2, 0.25) is 0 Å². The summed E-state index contributed by atoms with van der Waals surface area (Å²) < 4.78 is 2.02. The minimum absolute atomic E-state index is 0.535. The van der Waals surface area contributed by atoms with Gasteiger partial charge >= 0.3 is 0 Å². The van der Waals surface area contributed by atoms with Gasteiger partial charge in [-0.2, -0.15) is 0 Å². The molecule has 0 unspecified atom stereocenters. The maximum Gasteiger partial charge on any atom is 0.129 e. The Balaban J connectivity index is 1.98. The van der Waals surface area contributed by atoms with E-state index in [0.29, 0.717) is 5.15 Å². The van der Waals surface area contributed by atoms with Gasteiger partial charge in [0.25, 0.3) is 0 Å². The summed E-state index contributed by atoms with van der Waals surface area (Å²) in [6.07, 6.45) is 3.75. The van der Waals surface area contributed by atoms with Crippen molar-refractivity contribution in [3.05, 3.63) is 47.3 Å². The van der Waals surface area contributed by atoms with E-state index in [9.17, 15) is 0 Å². The molecular formula is C12H15ClN4. The summed E-state index contributed by atoms with van der Waals surface area (Å²) in [7, 11) is 4.03. The molecule has 0 aliphatic heterocycles. The average Bonchev–Trinajstić information content (AvgIpc) is 2.64. The number of hydrogen-bond acceptors (Lipinski definition) is 3. The molecule has 0 aromatic carbocycles. The van der Waals surface area contributed by atoms with E-state index in [4.69, 9.17) is 11.6 Å². The van der Waals surface area contributed by atoms with Crippen molar-refractivity contribution in [2.75, 3.05) is 7.05 Å². The van der Waals surface area contributed by atoms with Crippen molar-refractivity contribution in [3.8, 4) is 0 Å². The van der Waals surface area contributed by atoms with Gasteiger partial charge in [-0.3, -0.25) is 4.90 Å². The third kappa shape index (κ3) is 3.28. The van der Waals surface area contributed by atoms with Crippen LogP contribution in [0.2, 0.25) is 5.15 Å². The van der Waals surface area contributed by atoms with Crippen molar-refractivity contribution in [2.45, 2.75) is 13.1 Å². The van der Waals surface area contributed by atoms with Gasteiger partial charge in [0, 0.05) is 26.0 Å². The van der Waals surface area contributed by atoms with Gasteiger partial charge in [0.05, 0.1) is 12.2 Å². The van der Waals surface area contributed by atoms with Crippen LogP contribution in [0.1, 0.15) is 11.5 Å². The Labute approximate surface area is 106 Å². The highest BCUT2D eigenvalue weighted by Gasteiger charge is 2.06. The van der Waals surface area contributed by atoms with E-state index < -0.39 is 0 Å². The number of imidazole rings is 1. The number of pyridine rings is 1. The lowest BCUT2D eigenvalue weighted by molar-refractivity contribution is 0.303. The summed E-state index contributed by atoms with van der Waals surface area (Å²) in [5, 5.41) is 0.535. The third-order valence-electron chi connectivity index (χ3n) is 2.54. The highest BCUT2D eigenvalue weighted by molar-refractivity contribution is 6.29. The molecule has 0 bridgehead atoms. The molecule has 2 rings (SSSR count). The van der Waals surface area contributed by atoms with Gasteiger partial charge in [-0.1, -0.05) is 17.7 Å². The molecule has 2 aromatic heterocycles. The molecule has 4 nitrogen and oxygen atoms in total. The molecule has 5 heteroatoms.